The maximum absolute atomic E-state index is 12.0. The van der Waals surface area contributed by atoms with Gasteiger partial charge in [0.1, 0.15) is 5.76 Å². The number of benzene rings is 1. The molecule has 9 nitrogen and oxygen atoms in total. The number of nitrogens with zero attached hydrogens (tertiary/aromatic N) is 2. The number of sulfone groups is 1. The maximum atomic E-state index is 12.0. The Kier molecular flexibility index (Phi) is 5.59. The van der Waals surface area contributed by atoms with E-state index in [0.717, 1.165) is 6.26 Å². The van der Waals surface area contributed by atoms with Crippen LogP contribution in [0.1, 0.15) is 16.3 Å². The van der Waals surface area contributed by atoms with Crippen LogP contribution in [0.3, 0.4) is 0 Å². The first-order chi connectivity index (χ1) is 13.3. The Labute approximate surface area is 160 Å². The van der Waals surface area contributed by atoms with Crippen LogP contribution in [0.4, 0.5) is 5.69 Å². The zero-order chi connectivity index (χ0) is 20.1. The molecule has 0 saturated heterocycles. The SMILES string of the molecule is CS(=O)(=O)c1ccc(NC(=O)COC(=O)c2ccc(Cn3cccn3)o2)cc1. The number of aromatic nitrogens is 2. The van der Waals surface area contributed by atoms with E-state index in [4.69, 9.17) is 9.15 Å². The number of amides is 1. The van der Waals surface area contributed by atoms with E-state index in [9.17, 15) is 18.0 Å². The molecule has 0 aliphatic heterocycles. The highest BCUT2D eigenvalue weighted by Crippen LogP contribution is 2.14. The second-order valence-corrected chi connectivity index (χ2v) is 7.91. The lowest BCUT2D eigenvalue weighted by Crippen LogP contribution is -2.20. The fourth-order valence-electron chi connectivity index (χ4n) is 2.31. The van der Waals surface area contributed by atoms with Crippen molar-refractivity contribution >= 4 is 27.4 Å². The first-order valence-electron chi connectivity index (χ1n) is 8.14. The van der Waals surface area contributed by atoms with Crippen molar-refractivity contribution in [2.24, 2.45) is 0 Å². The van der Waals surface area contributed by atoms with Gasteiger partial charge in [-0.2, -0.15) is 5.10 Å². The largest absolute Gasteiger partial charge is 0.452 e. The van der Waals surface area contributed by atoms with Crippen molar-refractivity contribution in [1.29, 1.82) is 0 Å². The number of anilines is 1. The van der Waals surface area contributed by atoms with Gasteiger partial charge in [-0.3, -0.25) is 9.48 Å². The summed E-state index contributed by atoms with van der Waals surface area (Å²) < 4.78 is 34.8. The molecule has 0 atom stereocenters. The zero-order valence-electron chi connectivity index (χ0n) is 14.9. The quantitative estimate of drug-likeness (QED) is 0.596. The molecule has 146 valence electrons. The number of carbonyl (C=O) groups is 2. The molecule has 3 aromatic rings. The second-order valence-electron chi connectivity index (χ2n) is 5.89. The molecule has 1 N–H and O–H groups in total. The molecule has 1 amide bonds. The molecular formula is C18H17N3O6S. The number of ether oxygens (including phenoxy) is 1. The van der Waals surface area contributed by atoms with Gasteiger partial charge in [-0.1, -0.05) is 0 Å². The van der Waals surface area contributed by atoms with Crippen LogP contribution < -0.4 is 5.32 Å². The van der Waals surface area contributed by atoms with E-state index in [0.29, 0.717) is 18.0 Å². The van der Waals surface area contributed by atoms with Crippen LogP contribution in [0.2, 0.25) is 0 Å². The van der Waals surface area contributed by atoms with Gasteiger partial charge < -0.3 is 14.5 Å². The molecule has 2 aromatic heterocycles. The summed E-state index contributed by atoms with van der Waals surface area (Å²) in [6, 6.07) is 10.5. The van der Waals surface area contributed by atoms with Crippen LogP contribution in [-0.4, -0.2) is 42.9 Å². The molecule has 0 saturated carbocycles. The van der Waals surface area contributed by atoms with E-state index in [1.54, 1.807) is 29.2 Å². The average Bonchev–Trinajstić information content (AvgIpc) is 3.32. The van der Waals surface area contributed by atoms with Crippen LogP contribution in [0, 0.1) is 0 Å². The molecule has 0 fully saturated rings. The van der Waals surface area contributed by atoms with Crippen molar-refractivity contribution in [2.75, 3.05) is 18.2 Å². The lowest BCUT2D eigenvalue weighted by molar-refractivity contribution is -0.119. The number of nitrogens with one attached hydrogen (secondary N) is 1. The average molecular weight is 403 g/mol. The Morgan fingerprint density at radius 3 is 2.57 bits per heavy atom. The predicted molar refractivity (Wildman–Crippen MR) is 98.5 cm³/mol. The van der Waals surface area contributed by atoms with Gasteiger partial charge >= 0.3 is 5.97 Å². The Bertz CT molecular complexity index is 1070. The van der Waals surface area contributed by atoms with Gasteiger partial charge in [0.15, 0.2) is 16.4 Å². The Morgan fingerprint density at radius 2 is 1.93 bits per heavy atom. The zero-order valence-corrected chi connectivity index (χ0v) is 15.7. The summed E-state index contributed by atoms with van der Waals surface area (Å²) in [6.45, 7) is -0.147. The summed E-state index contributed by atoms with van der Waals surface area (Å²) in [5.74, 6) is -0.836. The number of furan rings is 1. The number of esters is 1. The minimum atomic E-state index is -3.31. The van der Waals surface area contributed by atoms with E-state index < -0.39 is 28.3 Å². The highest BCUT2D eigenvalue weighted by atomic mass is 32.2. The summed E-state index contributed by atoms with van der Waals surface area (Å²) in [6.07, 6.45) is 4.48. The van der Waals surface area contributed by atoms with E-state index in [1.807, 2.05) is 0 Å². The first-order valence-corrected chi connectivity index (χ1v) is 10.0. The normalized spacial score (nSPS) is 11.2. The van der Waals surface area contributed by atoms with Crippen molar-refractivity contribution < 1.29 is 27.2 Å². The summed E-state index contributed by atoms with van der Waals surface area (Å²) >= 11 is 0. The lowest BCUT2D eigenvalue weighted by Gasteiger charge is -2.06. The minimum absolute atomic E-state index is 0.0209. The molecule has 2 heterocycles. The Hall–Kier alpha value is -3.40. The van der Waals surface area contributed by atoms with Crippen LogP contribution in [0.25, 0.3) is 0 Å². The van der Waals surface area contributed by atoms with Gasteiger partial charge in [-0.25, -0.2) is 13.2 Å². The molecule has 0 radical (unpaired) electrons. The number of rotatable bonds is 7. The van der Waals surface area contributed by atoms with Crippen LogP contribution >= 0.6 is 0 Å². The summed E-state index contributed by atoms with van der Waals surface area (Å²) in [7, 11) is -3.31. The van der Waals surface area contributed by atoms with Crippen molar-refractivity contribution in [1.82, 2.24) is 9.78 Å². The number of hydrogen-bond acceptors (Lipinski definition) is 7. The fourth-order valence-corrected chi connectivity index (χ4v) is 2.94. The lowest BCUT2D eigenvalue weighted by atomic mass is 10.3. The smallest absolute Gasteiger partial charge is 0.374 e. The summed E-state index contributed by atoms with van der Waals surface area (Å²) in [5, 5.41) is 6.55. The second kappa shape index (κ2) is 8.09. The Morgan fingerprint density at radius 1 is 1.18 bits per heavy atom. The van der Waals surface area contributed by atoms with Crippen LogP contribution in [0.15, 0.2) is 64.2 Å². The number of carbonyl (C=O) groups excluding carboxylic acids is 2. The van der Waals surface area contributed by atoms with E-state index >= 15 is 0 Å². The van der Waals surface area contributed by atoms with Gasteiger partial charge in [0.05, 0.1) is 11.4 Å². The highest BCUT2D eigenvalue weighted by Gasteiger charge is 2.15. The third-order valence-corrected chi connectivity index (χ3v) is 4.77. The van der Waals surface area contributed by atoms with Crippen molar-refractivity contribution in [3.8, 4) is 0 Å². The van der Waals surface area contributed by atoms with Crippen molar-refractivity contribution in [3.63, 3.8) is 0 Å². The molecular weight excluding hydrogens is 386 g/mol. The molecule has 28 heavy (non-hydrogen) atoms. The van der Waals surface area contributed by atoms with Gasteiger partial charge in [0, 0.05) is 24.3 Å². The molecule has 10 heteroatoms. The molecule has 0 aliphatic rings. The third kappa shape index (κ3) is 5.07. The molecule has 0 aliphatic carbocycles. The minimum Gasteiger partial charge on any atom is -0.452 e. The van der Waals surface area contributed by atoms with E-state index in [-0.39, 0.29) is 10.7 Å². The standard InChI is InChI=1S/C18H17N3O6S/c1-28(24,25)15-6-3-13(4-7-15)20-17(22)12-26-18(23)16-8-5-14(27-16)11-21-10-2-9-19-21/h2-10H,11-12H2,1H3,(H,20,22). The fraction of sp³-hybridized carbons (Fsp3) is 0.167. The highest BCUT2D eigenvalue weighted by molar-refractivity contribution is 7.90. The van der Waals surface area contributed by atoms with Gasteiger partial charge in [0.25, 0.3) is 5.91 Å². The third-order valence-electron chi connectivity index (χ3n) is 3.64. The van der Waals surface area contributed by atoms with Gasteiger partial charge in [0.2, 0.25) is 5.76 Å². The van der Waals surface area contributed by atoms with Gasteiger partial charge in [-0.05, 0) is 42.5 Å². The molecule has 0 bridgehead atoms. The van der Waals surface area contributed by atoms with Crippen molar-refractivity contribution in [3.05, 3.63) is 66.4 Å². The molecule has 0 unspecified atom stereocenters. The Balaban J connectivity index is 1.50. The van der Waals surface area contributed by atoms with Crippen LogP contribution in [-0.2, 0) is 25.9 Å². The van der Waals surface area contributed by atoms with E-state index in [2.05, 4.69) is 10.4 Å². The summed E-state index contributed by atoms with van der Waals surface area (Å²) in [5.41, 5.74) is 0.382. The molecule has 3 rings (SSSR count). The molecule has 1 aromatic carbocycles. The first kappa shape index (κ1) is 19.4. The monoisotopic (exact) mass is 403 g/mol. The van der Waals surface area contributed by atoms with Crippen molar-refractivity contribution in [2.45, 2.75) is 11.4 Å². The summed E-state index contributed by atoms with van der Waals surface area (Å²) in [4.78, 5) is 24.0. The van der Waals surface area contributed by atoms with E-state index in [1.165, 1.54) is 30.3 Å². The molecule has 0 spiro atoms. The predicted octanol–water partition coefficient (Wildman–Crippen LogP) is 1.72. The number of hydrogen-bond donors (Lipinski definition) is 1. The van der Waals surface area contributed by atoms with Gasteiger partial charge in [-0.15, -0.1) is 0 Å². The van der Waals surface area contributed by atoms with Crippen LogP contribution in [0.5, 0.6) is 0 Å². The topological polar surface area (TPSA) is 120 Å². The maximum Gasteiger partial charge on any atom is 0.374 e.